The number of nitrogens with zero attached hydrogens (tertiary/aromatic N) is 3. The monoisotopic (exact) mass is 263 g/mol. The maximum atomic E-state index is 12.1. The molecule has 0 amide bonds. The predicted molar refractivity (Wildman–Crippen MR) is 66.6 cm³/mol. The molecule has 0 aliphatic rings. The summed E-state index contributed by atoms with van der Waals surface area (Å²) in [6.07, 6.45) is 0. The number of rotatable bonds is 5. The minimum Gasteiger partial charge on any atom is -0.212 e. The van der Waals surface area contributed by atoms with Gasteiger partial charge in [-0.2, -0.15) is 14.8 Å². The van der Waals surface area contributed by atoms with Gasteiger partial charge < -0.3 is 0 Å². The fraction of sp³-hybridized carbons (Fsp3) is 0.333. The molecule has 0 heterocycles. The minimum atomic E-state index is -3.56. The number of benzene rings is 1. The van der Waals surface area contributed by atoms with Crippen molar-refractivity contribution in [3.63, 3.8) is 0 Å². The Hall–Kier alpha value is -1.89. The molecule has 0 fully saturated rings. The molecule has 0 atom stereocenters. The van der Waals surface area contributed by atoms with Crippen LogP contribution < -0.4 is 0 Å². The lowest BCUT2D eigenvalue weighted by molar-refractivity contribution is 0.462. The second kappa shape index (κ2) is 6.15. The molecular weight excluding hydrogens is 250 g/mol. The Bertz CT molecular complexity index is 596. The van der Waals surface area contributed by atoms with Gasteiger partial charge in [0.15, 0.2) is 0 Å². The molecule has 1 aromatic rings. The van der Waals surface area contributed by atoms with Gasteiger partial charge in [-0.05, 0) is 11.6 Å². The topological polar surface area (TPSA) is 85.0 Å². The van der Waals surface area contributed by atoms with Crippen molar-refractivity contribution in [2.45, 2.75) is 12.7 Å². The average molecular weight is 263 g/mol. The molecule has 0 saturated carbocycles. The van der Waals surface area contributed by atoms with Gasteiger partial charge in [0, 0.05) is 6.54 Å². The highest BCUT2D eigenvalue weighted by atomic mass is 32.2. The van der Waals surface area contributed by atoms with E-state index in [1.54, 1.807) is 31.2 Å². The van der Waals surface area contributed by atoms with E-state index in [1.807, 2.05) is 12.1 Å². The van der Waals surface area contributed by atoms with E-state index >= 15 is 0 Å². The summed E-state index contributed by atoms with van der Waals surface area (Å²) < 4.78 is 25.2. The first-order valence-corrected chi connectivity index (χ1v) is 6.98. The lowest BCUT2D eigenvalue weighted by atomic mass is 10.1. The van der Waals surface area contributed by atoms with Crippen molar-refractivity contribution in [3.05, 3.63) is 35.4 Å². The second-order valence-electron chi connectivity index (χ2n) is 3.61. The quantitative estimate of drug-likeness (QED) is 0.748. The maximum Gasteiger partial charge on any atom is 0.219 e. The third kappa shape index (κ3) is 3.30. The molecule has 0 radical (unpaired) electrons. The minimum absolute atomic E-state index is 0.173. The van der Waals surface area contributed by atoms with E-state index < -0.39 is 10.0 Å². The number of sulfonamides is 1. The van der Waals surface area contributed by atoms with Crippen LogP contribution in [-0.2, 0) is 15.8 Å². The van der Waals surface area contributed by atoms with Gasteiger partial charge in [0.05, 0.1) is 23.5 Å². The maximum absolute atomic E-state index is 12.1. The lowest BCUT2D eigenvalue weighted by Gasteiger charge is -2.17. The molecule has 0 N–H and O–H groups in total. The number of hydrogen-bond donors (Lipinski definition) is 0. The van der Waals surface area contributed by atoms with E-state index in [0.29, 0.717) is 11.1 Å². The number of nitriles is 2. The summed E-state index contributed by atoms with van der Waals surface area (Å²) in [4.78, 5) is 0. The molecule has 0 aliphatic carbocycles. The summed E-state index contributed by atoms with van der Waals surface area (Å²) >= 11 is 0. The first kappa shape index (κ1) is 14.2. The van der Waals surface area contributed by atoms with E-state index in [1.165, 1.54) is 0 Å². The molecule has 1 rings (SSSR count). The Morgan fingerprint density at radius 1 is 1.28 bits per heavy atom. The molecule has 0 saturated heterocycles. The van der Waals surface area contributed by atoms with Gasteiger partial charge in [0.2, 0.25) is 10.0 Å². The summed E-state index contributed by atoms with van der Waals surface area (Å²) in [7, 11) is -3.56. The van der Waals surface area contributed by atoms with Crippen molar-refractivity contribution in [2.75, 3.05) is 13.1 Å². The highest BCUT2D eigenvalue weighted by molar-refractivity contribution is 7.88. The van der Waals surface area contributed by atoms with Crippen molar-refractivity contribution in [1.29, 1.82) is 10.5 Å². The second-order valence-corrected chi connectivity index (χ2v) is 5.58. The van der Waals surface area contributed by atoms with Crippen LogP contribution in [0.1, 0.15) is 18.1 Å². The molecule has 6 heteroatoms. The van der Waals surface area contributed by atoms with Crippen LogP contribution in [0.2, 0.25) is 0 Å². The van der Waals surface area contributed by atoms with Crippen molar-refractivity contribution >= 4 is 10.0 Å². The zero-order valence-electron chi connectivity index (χ0n) is 10.00. The van der Waals surface area contributed by atoms with Gasteiger partial charge in [-0.15, -0.1) is 0 Å². The number of hydrogen-bond acceptors (Lipinski definition) is 4. The third-order valence-corrected chi connectivity index (χ3v) is 4.32. The van der Waals surface area contributed by atoms with Crippen molar-refractivity contribution < 1.29 is 8.42 Å². The van der Waals surface area contributed by atoms with E-state index in [-0.39, 0.29) is 18.8 Å². The van der Waals surface area contributed by atoms with E-state index in [2.05, 4.69) is 0 Å². The average Bonchev–Trinajstić information content (AvgIpc) is 2.35. The van der Waals surface area contributed by atoms with E-state index in [4.69, 9.17) is 10.5 Å². The molecule has 0 unspecified atom stereocenters. The summed E-state index contributed by atoms with van der Waals surface area (Å²) in [6, 6.07) is 10.3. The van der Waals surface area contributed by atoms with Crippen molar-refractivity contribution in [1.82, 2.24) is 4.31 Å². The van der Waals surface area contributed by atoms with Crippen molar-refractivity contribution in [2.24, 2.45) is 0 Å². The van der Waals surface area contributed by atoms with Crippen LogP contribution in [0.4, 0.5) is 0 Å². The van der Waals surface area contributed by atoms with Crippen LogP contribution in [0.25, 0.3) is 0 Å². The smallest absolute Gasteiger partial charge is 0.212 e. The Morgan fingerprint density at radius 2 is 1.94 bits per heavy atom. The third-order valence-electron chi connectivity index (χ3n) is 2.47. The summed E-state index contributed by atoms with van der Waals surface area (Å²) in [5.41, 5.74) is 0.797. The van der Waals surface area contributed by atoms with Crippen LogP contribution >= 0.6 is 0 Å². The molecule has 0 bridgehead atoms. The molecule has 94 valence electrons. The molecule has 5 nitrogen and oxygen atoms in total. The van der Waals surface area contributed by atoms with E-state index in [9.17, 15) is 8.42 Å². The van der Waals surface area contributed by atoms with Gasteiger partial charge in [-0.25, -0.2) is 8.42 Å². The molecular formula is C12H13N3O2S. The van der Waals surface area contributed by atoms with Crippen LogP contribution in [-0.4, -0.2) is 25.8 Å². The zero-order valence-corrected chi connectivity index (χ0v) is 10.8. The highest BCUT2D eigenvalue weighted by Gasteiger charge is 2.21. The van der Waals surface area contributed by atoms with E-state index in [0.717, 1.165) is 4.31 Å². The normalized spacial score (nSPS) is 10.9. The molecule has 0 spiro atoms. The first-order chi connectivity index (χ1) is 8.55. The molecule has 0 aliphatic heterocycles. The Balaban J connectivity index is 3.03. The summed E-state index contributed by atoms with van der Waals surface area (Å²) in [5.74, 6) is -0.258. The van der Waals surface area contributed by atoms with Gasteiger partial charge >= 0.3 is 0 Å². The molecule has 1 aromatic carbocycles. The SMILES string of the molecule is CCN(CC#N)S(=O)(=O)Cc1ccccc1C#N. The summed E-state index contributed by atoms with van der Waals surface area (Å²) in [6.45, 7) is 1.74. The Kier molecular flexibility index (Phi) is 4.85. The van der Waals surface area contributed by atoms with Crippen molar-refractivity contribution in [3.8, 4) is 12.1 Å². The Labute approximate surface area is 107 Å². The Morgan fingerprint density at radius 3 is 2.50 bits per heavy atom. The fourth-order valence-electron chi connectivity index (χ4n) is 1.53. The van der Waals surface area contributed by atoms with Gasteiger partial charge in [0.1, 0.15) is 6.54 Å². The van der Waals surface area contributed by atoms with Crippen LogP contribution in [0.15, 0.2) is 24.3 Å². The highest BCUT2D eigenvalue weighted by Crippen LogP contribution is 2.14. The first-order valence-electron chi connectivity index (χ1n) is 5.38. The zero-order chi connectivity index (χ0) is 13.6. The van der Waals surface area contributed by atoms with Gasteiger partial charge in [-0.3, -0.25) is 0 Å². The van der Waals surface area contributed by atoms with Crippen LogP contribution in [0.5, 0.6) is 0 Å². The van der Waals surface area contributed by atoms with Crippen LogP contribution in [0, 0.1) is 22.7 Å². The predicted octanol–water partition coefficient (Wildman–Crippen LogP) is 1.23. The van der Waals surface area contributed by atoms with Gasteiger partial charge in [-0.1, -0.05) is 25.1 Å². The summed E-state index contributed by atoms with van der Waals surface area (Å²) in [5, 5.41) is 17.5. The standard InChI is InChI=1S/C12H13N3O2S/c1-2-15(8-7-13)18(16,17)10-12-6-4-3-5-11(12)9-14/h3-6H,2,8,10H2,1H3. The van der Waals surface area contributed by atoms with Crippen LogP contribution in [0.3, 0.4) is 0 Å². The largest absolute Gasteiger partial charge is 0.219 e. The molecule has 0 aromatic heterocycles. The fourth-order valence-corrected chi connectivity index (χ4v) is 3.00. The molecule has 18 heavy (non-hydrogen) atoms. The van der Waals surface area contributed by atoms with Gasteiger partial charge in [0.25, 0.3) is 0 Å². The lowest BCUT2D eigenvalue weighted by Crippen LogP contribution is -2.32.